The highest BCUT2D eigenvalue weighted by molar-refractivity contribution is 7.22. The summed E-state index contributed by atoms with van der Waals surface area (Å²) in [7, 11) is 0. The molecule has 4 nitrogen and oxygen atoms in total. The van der Waals surface area contributed by atoms with Crippen LogP contribution in [0.15, 0.2) is 90.1 Å². The van der Waals surface area contributed by atoms with Gasteiger partial charge < -0.3 is 0 Å². The van der Waals surface area contributed by atoms with Crippen molar-refractivity contribution in [3.8, 4) is 16.9 Å². The maximum absolute atomic E-state index is 4.83. The number of fused-ring (bicyclic) bond motifs is 1. The van der Waals surface area contributed by atoms with Gasteiger partial charge in [-0.2, -0.15) is 5.10 Å². The van der Waals surface area contributed by atoms with E-state index in [1.54, 1.807) is 11.3 Å². The molecule has 0 aliphatic rings. The summed E-state index contributed by atoms with van der Waals surface area (Å²) in [5.41, 5.74) is 6.14. The van der Waals surface area contributed by atoms with Gasteiger partial charge in [0.25, 0.3) is 0 Å². The molecule has 0 fully saturated rings. The van der Waals surface area contributed by atoms with Crippen LogP contribution in [0.3, 0.4) is 0 Å². The van der Waals surface area contributed by atoms with Gasteiger partial charge >= 0.3 is 0 Å². The summed E-state index contributed by atoms with van der Waals surface area (Å²) in [6.45, 7) is 2.09. The zero-order valence-electron chi connectivity index (χ0n) is 16.3. The van der Waals surface area contributed by atoms with E-state index in [2.05, 4.69) is 41.2 Å². The Balaban J connectivity index is 0.00000218. The molecular weight excluding hydrogens is 412 g/mol. The van der Waals surface area contributed by atoms with Crippen LogP contribution >= 0.6 is 23.7 Å². The molecule has 0 amide bonds. The molecule has 0 atom stereocenters. The number of para-hydroxylation sites is 1. The number of thiazole rings is 1. The highest BCUT2D eigenvalue weighted by atomic mass is 35.5. The molecule has 0 bridgehead atoms. The van der Waals surface area contributed by atoms with Gasteiger partial charge in [-0.15, -0.1) is 12.4 Å². The summed E-state index contributed by atoms with van der Waals surface area (Å²) >= 11 is 1.60. The number of hydrogen-bond acceptors (Lipinski definition) is 4. The van der Waals surface area contributed by atoms with Crippen LogP contribution in [0.25, 0.3) is 27.2 Å². The maximum atomic E-state index is 4.83. The van der Waals surface area contributed by atoms with Crippen LogP contribution in [0.1, 0.15) is 11.1 Å². The standard InChI is InChI=1S/C24H18N4S.ClH/c1-17-12-13-21-22(14-17)29-24(26-21)25-15-19-16-28(20-10-6-3-7-11-20)27-23(19)18-8-4-2-5-9-18;/h2-16H,1H3;1H/b25-15+;. The van der Waals surface area contributed by atoms with Crippen LogP contribution in [-0.4, -0.2) is 21.0 Å². The zero-order valence-corrected chi connectivity index (χ0v) is 17.9. The first-order valence-electron chi connectivity index (χ1n) is 9.38. The topological polar surface area (TPSA) is 43.1 Å². The molecule has 0 spiro atoms. The van der Waals surface area contributed by atoms with Gasteiger partial charge in [-0.25, -0.2) is 14.7 Å². The fraction of sp³-hybridized carbons (Fsp3) is 0.0417. The Kier molecular flexibility index (Phi) is 5.74. The lowest BCUT2D eigenvalue weighted by Gasteiger charge is -2.00. The van der Waals surface area contributed by atoms with Crippen molar-refractivity contribution in [2.45, 2.75) is 6.92 Å². The van der Waals surface area contributed by atoms with E-state index < -0.39 is 0 Å². The van der Waals surface area contributed by atoms with E-state index in [1.807, 2.05) is 71.7 Å². The van der Waals surface area contributed by atoms with Crippen LogP contribution in [-0.2, 0) is 0 Å². The Morgan fingerprint density at radius 2 is 1.67 bits per heavy atom. The SMILES string of the molecule is Cc1ccc2nc(/N=C/c3cn(-c4ccccc4)nc3-c3ccccc3)sc2c1.Cl. The molecule has 0 radical (unpaired) electrons. The fourth-order valence-electron chi connectivity index (χ4n) is 3.21. The first kappa shape index (κ1) is 20.0. The minimum Gasteiger partial charge on any atom is -0.240 e. The second-order valence-electron chi connectivity index (χ2n) is 6.81. The van der Waals surface area contributed by atoms with E-state index in [0.29, 0.717) is 0 Å². The zero-order chi connectivity index (χ0) is 19.6. The van der Waals surface area contributed by atoms with Gasteiger partial charge in [-0.3, -0.25) is 0 Å². The summed E-state index contributed by atoms with van der Waals surface area (Å²) < 4.78 is 3.05. The van der Waals surface area contributed by atoms with Crippen LogP contribution < -0.4 is 0 Å². The third-order valence-corrected chi connectivity index (χ3v) is 5.58. The quantitative estimate of drug-likeness (QED) is 0.300. The van der Waals surface area contributed by atoms with Crippen molar-refractivity contribution < 1.29 is 0 Å². The molecule has 2 heterocycles. The van der Waals surface area contributed by atoms with Gasteiger partial charge in [0.15, 0.2) is 0 Å². The molecule has 2 aromatic heterocycles. The number of aliphatic imine (C=N–C) groups is 1. The molecule has 0 aliphatic heterocycles. The van der Waals surface area contributed by atoms with Crippen molar-refractivity contribution in [3.63, 3.8) is 0 Å². The van der Waals surface area contributed by atoms with Crippen molar-refractivity contribution in [1.82, 2.24) is 14.8 Å². The number of rotatable bonds is 4. The van der Waals surface area contributed by atoms with E-state index in [4.69, 9.17) is 5.10 Å². The maximum Gasteiger partial charge on any atom is 0.210 e. The van der Waals surface area contributed by atoms with Gasteiger partial charge in [0.1, 0.15) is 5.69 Å². The molecule has 5 aromatic rings. The van der Waals surface area contributed by atoms with E-state index in [1.165, 1.54) is 5.56 Å². The number of nitrogens with zero attached hydrogens (tertiary/aromatic N) is 4. The normalized spacial score (nSPS) is 11.1. The Morgan fingerprint density at radius 3 is 2.43 bits per heavy atom. The van der Waals surface area contributed by atoms with E-state index in [-0.39, 0.29) is 12.4 Å². The summed E-state index contributed by atoms with van der Waals surface area (Å²) in [5, 5.41) is 5.57. The summed E-state index contributed by atoms with van der Waals surface area (Å²) in [6, 6.07) is 26.6. The van der Waals surface area contributed by atoms with E-state index >= 15 is 0 Å². The monoisotopic (exact) mass is 430 g/mol. The van der Waals surface area contributed by atoms with Gasteiger partial charge in [0, 0.05) is 23.5 Å². The summed E-state index contributed by atoms with van der Waals surface area (Å²) in [6.07, 6.45) is 3.87. The van der Waals surface area contributed by atoms with Crippen molar-refractivity contribution in [2.24, 2.45) is 4.99 Å². The second-order valence-corrected chi connectivity index (χ2v) is 7.81. The average molecular weight is 431 g/mol. The molecule has 3 aromatic carbocycles. The molecular formula is C24H19ClN4S. The number of halogens is 1. The van der Waals surface area contributed by atoms with Crippen molar-refractivity contribution >= 4 is 45.3 Å². The van der Waals surface area contributed by atoms with Crippen LogP contribution in [0.5, 0.6) is 0 Å². The Bertz CT molecular complexity index is 1310. The summed E-state index contributed by atoms with van der Waals surface area (Å²) in [5.74, 6) is 0. The molecule has 5 rings (SSSR count). The van der Waals surface area contributed by atoms with Crippen LogP contribution in [0.2, 0.25) is 0 Å². The van der Waals surface area contributed by atoms with E-state index in [9.17, 15) is 0 Å². The molecule has 0 N–H and O–H groups in total. The van der Waals surface area contributed by atoms with E-state index in [0.717, 1.165) is 37.9 Å². The highest BCUT2D eigenvalue weighted by Gasteiger charge is 2.11. The van der Waals surface area contributed by atoms with Crippen molar-refractivity contribution in [2.75, 3.05) is 0 Å². The molecule has 0 saturated carbocycles. The fourth-order valence-corrected chi connectivity index (χ4v) is 4.12. The number of aromatic nitrogens is 3. The molecule has 0 aliphatic carbocycles. The predicted molar refractivity (Wildman–Crippen MR) is 128 cm³/mol. The predicted octanol–water partition coefficient (Wildman–Crippen LogP) is 6.63. The van der Waals surface area contributed by atoms with Gasteiger partial charge in [-0.1, -0.05) is 65.9 Å². The first-order valence-corrected chi connectivity index (χ1v) is 10.2. The smallest absolute Gasteiger partial charge is 0.210 e. The molecule has 148 valence electrons. The van der Waals surface area contributed by atoms with Crippen molar-refractivity contribution in [3.05, 3.63) is 96.2 Å². The van der Waals surface area contributed by atoms with Gasteiger partial charge in [0.05, 0.1) is 15.9 Å². The van der Waals surface area contributed by atoms with Gasteiger partial charge in [0.2, 0.25) is 5.13 Å². The third kappa shape index (κ3) is 4.03. The molecule has 0 unspecified atom stereocenters. The Morgan fingerprint density at radius 1 is 0.933 bits per heavy atom. The Labute approximate surface area is 185 Å². The number of hydrogen-bond donors (Lipinski definition) is 0. The minimum atomic E-state index is 0. The van der Waals surface area contributed by atoms with Gasteiger partial charge in [-0.05, 0) is 36.8 Å². The largest absolute Gasteiger partial charge is 0.240 e. The van der Waals surface area contributed by atoms with Crippen molar-refractivity contribution in [1.29, 1.82) is 0 Å². The molecule has 6 heteroatoms. The number of benzene rings is 3. The average Bonchev–Trinajstić information content (AvgIpc) is 3.37. The lowest BCUT2D eigenvalue weighted by atomic mass is 10.1. The highest BCUT2D eigenvalue weighted by Crippen LogP contribution is 2.29. The Hall–Kier alpha value is -3.28. The lowest BCUT2D eigenvalue weighted by Crippen LogP contribution is -1.93. The van der Waals surface area contributed by atoms with Crippen LogP contribution in [0.4, 0.5) is 5.13 Å². The molecule has 30 heavy (non-hydrogen) atoms. The number of aryl methyl sites for hydroxylation is 1. The summed E-state index contributed by atoms with van der Waals surface area (Å²) in [4.78, 5) is 9.30. The lowest BCUT2D eigenvalue weighted by molar-refractivity contribution is 0.884. The second kappa shape index (κ2) is 8.61. The minimum absolute atomic E-state index is 0. The first-order chi connectivity index (χ1) is 14.3. The molecule has 0 saturated heterocycles. The third-order valence-electron chi connectivity index (χ3n) is 4.66. The van der Waals surface area contributed by atoms with Crippen LogP contribution in [0, 0.1) is 6.92 Å².